The van der Waals surface area contributed by atoms with Gasteiger partial charge in [0.25, 0.3) is 0 Å². The molecule has 2 aromatic rings. The molecule has 182 valence electrons. The molecule has 0 atom stereocenters. The summed E-state index contributed by atoms with van der Waals surface area (Å²) in [7, 11) is 0. The predicted octanol–water partition coefficient (Wildman–Crippen LogP) is -1.52. The van der Waals surface area contributed by atoms with Crippen molar-refractivity contribution >= 4 is 28.9 Å². The SMILES string of the molecule is O=C(OO)C(O)(O)c1c(O)c(C(O)(O)O)c(O)c(O)c1N(O)c1c(F)c(O)c(O)c(O)c1Cl. The van der Waals surface area contributed by atoms with Crippen molar-refractivity contribution in [1.29, 1.82) is 0 Å². The number of carbonyl (C=O) groups is 1. The van der Waals surface area contributed by atoms with Gasteiger partial charge in [-0.2, -0.15) is 5.26 Å². The number of benzene rings is 2. The van der Waals surface area contributed by atoms with E-state index in [1.165, 1.54) is 0 Å². The standard InChI is InChI=1S/C15H13ClFNO15/c16-3-6(4(17)10(22)12(24)9(3)21)18(31)5-1(14(26,27)13(25)33-32)7(19)2(15(28,29)30)8(20)11(5)23/h19-24,26-32H. The van der Waals surface area contributed by atoms with E-state index < -0.39 is 90.6 Å². The van der Waals surface area contributed by atoms with E-state index in [1.54, 1.807) is 0 Å². The molecule has 0 bridgehead atoms. The van der Waals surface area contributed by atoms with Crippen LogP contribution in [0.2, 0.25) is 5.02 Å². The van der Waals surface area contributed by atoms with Gasteiger partial charge in [-0.05, 0) is 0 Å². The van der Waals surface area contributed by atoms with Crippen molar-refractivity contribution in [3.63, 3.8) is 0 Å². The van der Waals surface area contributed by atoms with Crippen LogP contribution in [0.5, 0.6) is 34.5 Å². The van der Waals surface area contributed by atoms with E-state index in [-0.39, 0.29) is 0 Å². The van der Waals surface area contributed by atoms with Gasteiger partial charge in [0.2, 0.25) is 5.75 Å². The van der Waals surface area contributed by atoms with Gasteiger partial charge in [-0.15, -0.1) is 0 Å². The highest BCUT2D eigenvalue weighted by Gasteiger charge is 2.49. The zero-order chi connectivity index (χ0) is 25.8. The summed E-state index contributed by atoms with van der Waals surface area (Å²) < 4.78 is 14.5. The van der Waals surface area contributed by atoms with Gasteiger partial charge in [-0.3, -0.25) is 10.1 Å². The summed E-state index contributed by atoms with van der Waals surface area (Å²) in [6.07, 6.45) is 0. The van der Waals surface area contributed by atoms with Crippen LogP contribution >= 0.6 is 11.6 Å². The van der Waals surface area contributed by atoms with Gasteiger partial charge in [-0.1, -0.05) is 11.6 Å². The zero-order valence-corrected chi connectivity index (χ0v) is 16.1. The van der Waals surface area contributed by atoms with Crippen molar-refractivity contribution < 1.29 is 80.7 Å². The maximum absolute atomic E-state index is 14.5. The van der Waals surface area contributed by atoms with Crippen LogP contribution < -0.4 is 5.06 Å². The summed E-state index contributed by atoms with van der Waals surface area (Å²) in [5.41, 5.74) is -7.45. The first-order chi connectivity index (χ1) is 14.9. The quantitative estimate of drug-likeness (QED) is 0.0727. The molecule has 0 aromatic heterocycles. The number of anilines is 2. The van der Waals surface area contributed by atoms with Crippen LogP contribution in [0.4, 0.5) is 15.8 Å². The Labute approximate surface area is 183 Å². The summed E-state index contributed by atoms with van der Waals surface area (Å²) in [4.78, 5) is 14.7. The first kappa shape index (κ1) is 25.7. The average molecular weight is 502 g/mol. The topological polar surface area (TPSA) is 293 Å². The van der Waals surface area contributed by atoms with Gasteiger partial charge >= 0.3 is 17.7 Å². The molecule has 16 nitrogen and oxygen atoms in total. The first-order valence-electron chi connectivity index (χ1n) is 7.83. The lowest BCUT2D eigenvalue weighted by Crippen LogP contribution is -2.39. The van der Waals surface area contributed by atoms with E-state index in [1.807, 2.05) is 0 Å². The second kappa shape index (κ2) is 8.10. The molecule has 0 aliphatic carbocycles. The van der Waals surface area contributed by atoms with Crippen LogP contribution in [0.25, 0.3) is 0 Å². The third kappa shape index (κ3) is 3.79. The number of nitrogens with zero attached hydrogens (tertiary/aromatic N) is 1. The van der Waals surface area contributed by atoms with Crippen LogP contribution in [0.1, 0.15) is 11.1 Å². The number of aliphatic hydroxyl groups is 5. The molecule has 0 fully saturated rings. The molecule has 2 aromatic carbocycles. The Balaban J connectivity index is 3.12. The largest absolute Gasteiger partial charge is 0.507 e. The third-order valence-electron chi connectivity index (χ3n) is 4.15. The maximum Gasteiger partial charge on any atom is 0.405 e. The first-order valence-corrected chi connectivity index (χ1v) is 8.20. The summed E-state index contributed by atoms with van der Waals surface area (Å²) >= 11 is 5.57. The molecular weight excluding hydrogens is 489 g/mol. The Hall–Kier alpha value is -3.55. The third-order valence-corrected chi connectivity index (χ3v) is 4.51. The van der Waals surface area contributed by atoms with Crippen molar-refractivity contribution in [2.75, 3.05) is 5.06 Å². The molecule has 0 heterocycles. The molecular formula is C15H13ClFNO15. The Bertz CT molecular complexity index is 1120. The highest BCUT2D eigenvalue weighted by Crippen LogP contribution is 2.56. The minimum atomic E-state index is -4.40. The lowest BCUT2D eigenvalue weighted by Gasteiger charge is -2.30. The molecule has 13 N–H and O–H groups in total. The second-order valence-electron chi connectivity index (χ2n) is 6.16. The second-order valence-corrected chi connectivity index (χ2v) is 6.54. The van der Waals surface area contributed by atoms with Crippen LogP contribution in [0.3, 0.4) is 0 Å². The van der Waals surface area contributed by atoms with Crippen molar-refractivity contribution in [2.24, 2.45) is 0 Å². The average Bonchev–Trinajstić information content (AvgIpc) is 2.71. The highest BCUT2D eigenvalue weighted by molar-refractivity contribution is 6.35. The summed E-state index contributed by atoms with van der Waals surface area (Å²) in [5.74, 6) is -24.1. The number of phenolic OH excluding ortho intramolecular Hbond substituents is 6. The maximum atomic E-state index is 14.5. The molecule has 0 spiro atoms. The van der Waals surface area contributed by atoms with Gasteiger partial charge in [0, 0.05) is 0 Å². The molecule has 0 radical (unpaired) electrons. The highest BCUT2D eigenvalue weighted by atomic mass is 35.5. The van der Waals surface area contributed by atoms with E-state index in [0.29, 0.717) is 0 Å². The number of halogens is 2. The molecule has 0 aliphatic heterocycles. The monoisotopic (exact) mass is 501 g/mol. The summed E-state index contributed by atoms with van der Waals surface area (Å²) in [6, 6.07) is 0. The normalized spacial score (nSPS) is 12.0. The lowest BCUT2D eigenvalue weighted by molar-refractivity contribution is -0.325. The van der Waals surface area contributed by atoms with Crippen molar-refractivity contribution in [3.8, 4) is 34.5 Å². The zero-order valence-electron chi connectivity index (χ0n) is 15.3. The minimum absolute atomic E-state index is 0.829. The van der Waals surface area contributed by atoms with E-state index in [4.69, 9.17) is 16.9 Å². The fraction of sp³-hybridized carbons (Fsp3) is 0.133. The fourth-order valence-electron chi connectivity index (χ4n) is 2.66. The van der Waals surface area contributed by atoms with E-state index in [9.17, 15) is 70.6 Å². The molecule has 0 saturated heterocycles. The Morgan fingerprint density at radius 2 is 1.30 bits per heavy atom. The fourth-order valence-corrected chi connectivity index (χ4v) is 2.91. The van der Waals surface area contributed by atoms with Crippen molar-refractivity contribution in [3.05, 3.63) is 22.0 Å². The number of hydrogen-bond acceptors (Lipinski definition) is 16. The van der Waals surface area contributed by atoms with Gasteiger partial charge in [0.05, 0.1) is 5.56 Å². The molecule has 2 rings (SSSR count). The minimum Gasteiger partial charge on any atom is -0.507 e. The molecule has 33 heavy (non-hydrogen) atoms. The molecule has 0 aliphatic rings. The Morgan fingerprint density at radius 3 is 1.76 bits per heavy atom. The van der Waals surface area contributed by atoms with E-state index in [2.05, 4.69) is 4.89 Å². The van der Waals surface area contributed by atoms with Gasteiger partial charge < -0.3 is 56.2 Å². The Kier molecular flexibility index (Phi) is 6.31. The number of aromatic hydroxyl groups is 6. The smallest absolute Gasteiger partial charge is 0.405 e. The molecule has 18 heteroatoms. The predicted molar refractivity (Wildman–Crippen MR) is 94.9 cm³/mol. The molecule has 0 amide bonds. The van der Waals surface area contributed by atoms with Gasteiger partial charge in [0.1, 0.15) is 27.7 Å². The Morgan fingerprint density at radius 1 is 0.788 bits per heavy atom. The van der Waals surface area contributed by atoms with Crippen molar-refractivity contribution in [1.82, 2.24) is 0 Å². The van der Waals surface area contributed by atoms with Crippen LogP contribution in [0, 0.1) is 5.82 Å². The van der Waals surface area contributed by atoms with Gasteiger partial charge in [-0.25, -0.2) is 14.2 Å². The van der Waals surface area contributed by atoms with Gasteiger partial charge in [0.15, 0.2) is 28.8 Å². The van der Waals surface area contributed by atoms with Crippen LogP contribution in [-0.4, -0.2) is 72.6 Å². The molecule has 0 saturated carbocycles. The van der Waals surface area contributed by atoms with Crippen LogP contribution in [-0.2, 0) is 21.4 Å². The van der Waals surface area contributed by atoms with E-state index in [0.717, 1.165) is 0 Å². The van der Waals surface area contributed by atoms with Crippen molar-refractivity contribution in [2.45, 2.75) is 11.8 Å². The number of carbonyl (C=O) groups excluding carboxylic acids is 1. The number of phenols is 6. The number of rotatable bonds is 5. The summed E-state index contributed by atoms with van der Waals surface area (Å²) in [5, 5.41) is 124. The van der Waals surface area contributed by atoms with Crippen LogP contribution in [0.15, 0.2) is 0 Å². The summed E-state index contributed by atoms with van der Waals surface area (Å²) in [6.45, 7) is 0. The van der Waals surface area contributed by atoms with E-state index >= 15 is 0 Å². The lowest BCUT2D eigenvalue weighted by atomic mass is 9.95. The number of hydrogen-bond donors (Lipinski definition) is 13. The molecule has 0 unspecified atom stereocenters.